The number of ether oxygens (including phenoxy) is 3. The van der Waals surface area contributed by atoms with E-state index in [1.165, 1.54) is 19.3 Å². The second-order valence-corrected chi connectivity index (χ2v) is 14.3. The summed E-state index contributed by atoms with van der Waals surface area (Å²) in [7, 11) is 5.37. The van der Waals surface area contributed by atoms with Crippen molar-refractivity contribution in [2.75, 3.05) is 41.0 Å². The predicted octanol–water partition coefficient (Wildman–Crippen LogP) is 9.40. The maximum absolute atomic E-state index is 12.7. The van der Waals surface area contributed by atoms with E-state index in [9.17, 15) is 19.5 Å². The SMILES string of the molecule is CC/C=C/C=C/C=C/C=C/C=C/CCCCCC(=O)OCC(COCCC(C(=O)[O-])[N+](C)(C)C)OC(=O)CCCCCCCCC/C=C/C=C/C=C/CC. The van der Waals surface area contributed by atoms with Crippen molar-refractivity contribution in [3.8, 4) is 0 Å². The maximum Gasteiger partial charge on any atom is 0.306 e. The molecule has 8 heteroatoms. The molecule has 0 amide bonds. The molecule has 0 saturated heterocycles. The summed E-state index contributed by atoms with van der Waals surface area (Å²) in [6.07, 6.45) is 47.1. The number of likely N-dealkylation sites (N-methyl/N-ethyl adjacent to an activating group) is 1. The van der Waals surface area contributed by atoms with Crippen LogP contribution < -0.4 is 5.11 Å². The van der Waals surface area contributed by atoms with Crippen molar-refractivity contribution in [1.29, 1.82) is 0 Å². The first kappa shape index (κ1) is 50.2. The number of esters is 2. The highest BCUT2D eigenvalue weighted by Gasteiger charge is 2.25. The summed E-state index contributed by atoms with van der Waals surface area (Å²) in [4.78, 5) is 36.8. The second kappa shape index (κ2) is 36.2. The fourth-order valence-electron chi connectivity index (χ4n) is 5.27. The van der Waals surface area contributed by atoms with Gasteiger partial charge in [0.15, 0.2) is 6.10 Å². The Morgan fingerprint density at radius 1 is 0.556 bits per heavy atom. The quantitative estimate of drug-likeness (QED) is 0.0280. The Hall–Kier alpha value is -3.75. The van der Waals surface area contributed by atoms with Gasteiger partial charge in [-0.05, 0) is 51.4 Å². The van der Waals surface area contributed by atoms with Gasteiger partial charge in [0.2, 0.25) is 0 Å². The van der Waals surface area contributed by atoms with Crippen molar-refractivity contribution in [3.05, 3.63) is 97.2 Å². The van der Waals surface area contributed by atoms with Gasteiger partial charge in [-0.2, -0.15) is 0 Å². The lowest BCUT2D eigenvalue weighted by Crippen LogP contribution is -2.55. The van der Waals surface area contributed by atoms with Gasteiger partial charge in [0.1, 0.15) is 12.6 Å². The van der Waals surface area contributed by atoms with E-state index in [2.05, 4.69) is 62.5 Å². The van der Waals surface area contributed by atoms with Gasteiger partial charge in [-0.1, -0.05) is 150 Å². The number of carboxylic acid groups (broad SMARTS) is 1. The third-order valence-corrected chi connectivity index (χ3v) is 8.41. The first-order valence-electron chi connectivity index (χ1n) is 20.4. The summed E-state index contributed by atoms with van der Waals surface area (Å²) in [6, 6.07) is -0.740. The number of allylic oxidation sites excluding steroid dienone is 16. The molecule has 304 valence electrons. The summed E-state index contributed by atoms with van der Waals surface area (Å²) in [5.74, 6) is -1.82. The highest BCUT2D eigenvalue weighted by molar-refractivity contribution is 5.70. The minimum Gasteiger partial charge on any atom is -0.544 e. The molecule has 0 aromatic rings. The number of carbonyl (C=O) groups excluding carboxylic acids is 3. The van der Waals surface area contributed by atoms with Gasteiger partial charge in [0.05, 0.1) is 40.3 Å². The lowest BCUT2D eigenvalue weighted by molar-refractivity contribution is -0.889. The van der Waals surface area contributed by atoms with Crippen LogP contribution in [0.15, 0.2) is 97.2 Å². The molecular formula is C46H73NO7. The average molecular weight is 752 g/mol. The Bertz CT molecular complexity index is 1200. The number of hydrogen-bond acceptors (Lipinski definition) is 7. The number of hydrogen-bond donors (Lipinski definition) is 0. The van der Waals surface area contributed by atoms with Crippen molar-refractivity contribution in [2.45, 2.75) is 135 Å². The molecule has 0 aromatic heterocycles. The van der Waals surface area contributed by atoms with Crippen molar-refractivity contribution >= 4 is 17.9 Å². The van der Waals surface area contributed by atoms with E-state index >= 15 is 0 Å². The Morgan fingerprint density at radius 2 is 0.981 bits per heavy atom. The van der Waals surface area contributed by atoms with Crippen LogP contribution >= 0.6 is 0 Å². The number of unbranched alkanes of at least 4 members (excludes halogenated alkanes) is 10. The van der Waals surface area contributed by atoms with Crippen molar-refractivity contribution in [2.24, 2.45) is 0 Å². The van der Waals surface area contributed by atoms with Crippen LogP contribution in [0.4, 0.5) is 0 Å². The van der Waals surface area contributed by atoms with E-state index < -0.39 is 18.1 Å². The molecule has 0 heterocycles. The van der Waals surface area contributed by atoms with E-state index in [-0.39, 0.29) is 42.7 Å². The number of nitrogens with zero attached hydrogens (tertiary/aromatic N) is 1. The summed E-state index contributed by atoms with van der Waals surface area (Å²) in [5.41, 5.74) is 0. The monoisotopic (exact) mass is 752 g/mol. The topological polar surface area (TPSA) is 102 Å². The zero-order valence-corrected chi connectivity index (χ0v) is 34.3. The smallest absolute Gasteiger partial charge is 0.306 e. The first-order chi connectivity index (χ1) is 26.1. The highest BCUT2D eigenvalue weighted by Crippen LogP contribution is 2.12. The van der Waals surface area contributed by atoms with Gasteiger partial charge in [0, 0.05) is 19.3 Å². The average Bonchev–Trinajstić information content (AvgIpc) is 3.12. The van der Waals surface area contributed by atoms with Crippen LogP contribution in [-0.4, -0.2) is 75.5 Å². The van der Waals surface area contributed by atoms with Gasteiger partial charge in [0.25, 0.3) is 0 Å². The van der Waals surface area contributed by atoms with E-state index in [0.29, 0.717) is 19.3 Å². The minimum absolute atomic E-state index is 0.0148. The molecule has 0 rings (SSSR count). The standard InChI is InChI=1S/C46H73NO7/c1-6-8-10-12-14-16-18-20-22-24-26-28-30-32-34-36-44(48)53-41-42(40-52-39-38-43(46(50)51)47(3,4)5)54-45(49)37-35-33-31-29-27-25-23-21-19-17-15-13-11-9-7-2/h8-20,22,24,26,42-43H,6-7,21,23,25,27-41H2,1-5H3/b10-8+,11-9+,14-12+,15-13+,18-16+,19-17+,22-20+,26-24+. The van der Waals surface area contributed by atoms with Crippen LogP contribution in [0.2, 0.25) is 0 Å². The molecule has 0 aliphatic carbocycles. The third-order valence-electron chi connectivity index (χ3n) is 8.41. The maximum atomic E-state index is 12.7. The van der Waals surface area contributed by atoms with Gasteiger partial charge >= 0.3 is 11.9 Å². The van der Waals surface area contributed by atoms with E-state index in [4.69, 9.17) is 14.2 Å². The van der Waals surface area contributed by atoms with Gasteiger partial charge in [-0.15, -0.1) is 0 Å². The molecule has 0 radical (unpaired) electrons. The fraction of sp³-hybridized carbons (Fsp3) is 0.587. The van der Waals surface area contributed by atoms with Crippen LogP contribution in [-0.2, 0) is 28.6 Å². The highest BCUT2D eigenvalue weighted by atomic mass is 16.6. The molecule has 0 aliphatic heterocycles. The molecule has 0 spiro atoms. The summed E-state index contributed by atoms with van der Waals surface area (Å²) < 4.78 is 17.1. The van der Waals surface area contributed by atoms with Crippen molar-refractivity contribution in [1.82, 2.24) is 0 Å². The second-order valence-electron chi connectivity index (χ2n) is 14.3. The molecule has 2 unspecified atom stereocenters. The van der Waals surface area contributed by atoms with Crippen LogP contribution in [0.25, 0.3) is 0 Å². The molecule has 0 aromatic carbocycles. The zero-order valence-electron chi connectivity index (χ0n) is 34.3. The molecule has 0 saturated carbocycles. The van der Waals surface area contributed by atoms with Crippen molar-refractivity contribution in [3.63, 3.8) is 0 Å². The number of quaternary nitrogens is 1. The van der Waals surface area contributed by atoms with Crippen molar-refractivity contribution < 1.29 is 38.2 Å². The Balaban J connectivity index is 4.51. The molecular weight excluding hydrogens is 679 g/mol. The lowest BCUT2D eigenvalue weighted by Gasteiger charge is -2.34. The number of aliphatic carboxylic acids is 1. The molecule has 54 heavy (non-hydrogen) atoms. The lowest BCUT2D eigenvalue weighted by atomic mass is 10.1. The van der Waals surface area contributed by atoms with Gasteiger partial charge in [-0.25, -0.2) is 0 Å². The number of carboxylic acids is 1. The molecule has 0 aliphatic rings. The van der Waals surface area contributed by atoms with E-state index in [1.807, 2.05) is 48.6 Å². The molecule has 0 fully saturated rings. The Labute approximate surface area is 328 Å². The van der Waals surface area contributed by atoms with E-state index in [0.717, 1.165) is 64.2 Å². The molecule has 0 bridgehead atoms. The normalized spacial score (nSPS) is 14.0. The molecule has 2 atom stereocenters. The number of rotatable bonds is 34. The minimum atomic E-state index is -1.14. The molecule has 0 N–H and O–H groups in total. The Kier molecular flexibility index (Phi) is 33.7. The largest absolute Gasteiger partial charge is 0.544 e. The number of carbonyl (C=O) groups is 3. The summed E-state index contributed by atoms with van der Waals surface area (Å²) >= 11 is 0. The summed E-state index contributed by atoms with van der Waals surface area (Å²) in [5, 5.41) is 11.6. The van der Waals surface area contributed by atoms with Crippen LogP contribution in [0.5, 0.6) is 0 Å². The van der Waals surface area contributed by atoms with E-state index in [1.54, 1.807) is 21.1 Å². The zero-order chi connectivity index (χ0) is 40.0. The predicted molar refractivity (Wildman–Crippen MR) is 221 cm³/mol. The van der Waals surface area contributed by atoms with Gasteiger partial charge < -0.3 is 28.6 Å². The third kappa shape index (κ3) is 34.0. The van der Waals surface area contributed by atoms with Crippen LogP contribution in [0, 0.1) is 0 Å². The van der Waals surface area contributed by atoms with Gasteiger partial charge in [-0.3, -0.25) is 9.59 Å². The summed E-state index contributed by atoms with van der Waals surface area (Å²) in [6.45, 7) is 4.29. The van der Waals surface area contributed by atoms with Crippen LogP contribution in [0.1, 0.15) is 123 Å². The fourth-order valence-corrected chi connectivity index (χ4v) is 5.27. The first-order valence-corrected chi connectivity index (χ1v) is 20.4. The Morgan fingerprint density at radius 3 is 1.46 bits per heavy atom. The molecule has 8 nitrogen and oxygen atoms in total. The van der Waals surface area contributed by atoms with Crippen LogP contribution in [0.3, 0.4) is 0 Å².